The summed E-state index contributed by atoms with van der Waals surface area (Å²) < 4.78 is 14.0. The van der Waals surface area contributed by atoms with Crippen LogP contribution in [0.15, 0.2) is 48.5 Å². The molecule has 1 fully saturated rings. The standard InChI is InChI=1S/C30H34FN3O/c1-3-20(13-16-34-14-5-6-15-34)25-18-23(32-27(25)4-2)19-26-29-24(21-9-7-10-22(31)17-21)11-8-12-28(29)33-30(26)35/h7-12,17-20,32H,3-6,13-16H2,1-2H3,(H,33,35)/b26-19-. The Kier molecular flexibility index (Phi) is 6.87. The third kappa shape index (κ3) is 4.83. The van der Waals surface area contributed by atoms with E-state index in [-0.39, 0.29) is 11.7 Å². The zero-order valence-corrected chi connectivity index (χ0v) is 20.7. The number of halogens is 1. The van der Waals surface area contributed by atoms with Crippen LogP contribution in [0.5, 0.6) is 0 Å². The molecule has 2 N–H and O–H groups in total. The first-order valence-electron chi connectivity index (χ1n) is 12.9. The highest BCUT2D eigenvalue weighted by Gasteiger charge is 2.28. The molecule has 182 valence electrons. The molecule has 0 saturated carbocycles. The molecule has 35 heavy (non-hydrogen) atoms. The van der Waals surface area contributed by atoms with E-state index in [9.17, 15) is 9.18 Å². The highest BCUT2D eigenvalue weighted by atomic mass is 19.1. The summed E-state index contributed by atoms with van der Waals surface area (Å²) in [6.45, 7) is 8.05. The number of amides is 1. The number of aromatic nitrogens is 1. The van der Waals surface area contributed by atoms with Gasteiger partial charge in [-0.2, -0.15) is 0 Å². The summed E-state index contributed by atoms with van der Waals surface area (Å²) in [5, 5.41) is 2.99. The van der Waals surface area contributed by atoms with Gasteiger partial charge in [0.2, 0.25) is 0 Å². The van der Waals surface area contributed by atoms with Gasteiger partial charge >= 0.3 is 0 Å². The summed E-state index contributed by atoms with van der Waals surface area (Å²) in [6.07, 6.45) is 7.78. The van der Waals surface area contributed by atoms with Crippen molar-refractivity contribution in [3.8, 4) is 11.1 Å². The molecule has 3 heterocycles. The van der Waals surface area contributed by atoms with Crippen LogP contribution in [0.25, 0.3) is 22.8 Å². The Labute approximate surface area is 207 Å². The van der Waals surface area contributed by atoms with E-state index in [4.69, 9.17) is 0 Å². The molecule has 0 radical (unpaired) electrons. The second kappa shape index (κ2) is 10.2. The molecule has 4 nitrogen and oxygen atoms in total. The predicted molar refractivity (Wildman–Crippen MR) is 142 cm³/mol. The molecule has 5 rings (SSSR count). The van der Waals surface area contributed by atoms with Gasteiger partial charge in [-0.05, 0) is 105 Å². The number of carbonyl (C=O) groups is 1. The van der Waals surface area contributed by atoms with Gasteiger partial charge in [-0.3, -0.25) is 4.79 Å². The van der Waals surface area contributed by atoms with Crippen LogP contribution < -0.4 is 5.32 Å². The van der Waals surface area contributed by atoms with Crippen molar-refractivity contribution in [2.24, 2.45) is 0 Å². The van der Waals surface area contributed by atoms with Crippen LogP contribution in [0, 0.1) is 5.82 Å². The molecule has 0 bridgehead atoms. The molecule has 1 unspecified atom stereocenters. The van der Waals surface area contributed by atoms with Crippen LogP contribution in [0.4, 0.5) is 10.1 Å². The first-order valence-corrected chi connectivity index (χ1v) is 12.9. The minimum absolute atomic E-state index is 0.126. The summed E-state index contributed by atoms with van der Waals surface area (Å²) in [7, 11) is 0. The van der Waals surface area contributed by atoms with Gasteiger partial charge in [-0.25, -0.2) is 4.39 Å². The number of benzene rings is 2. The van der Waals surface area contributed by atoms with E-state index in [1.165, 1.54) is 49.3 Å². The third-order valence-corrected chi connectivity index (χ3v) is 7.50. The Bertz CT molecular complexity index is 1250. The molecule has 5 heteroatoms. The number of aromatic amines is 1. The summed E-state index contributed by atoms with van der Waals surface area (Å²) in [5.41, 5.74) is 7.40. The van der Waals surface area contributed by atoms with Crippen LogP contribution in [0.3, 0.4) is 0 Å². The van der Waals surface area contributed by atoms with E-state index >= 15 is 0 Å². The number of carbonyl (C=O) groups excluding carboxylic acids is 1. The molecule has 1 aromatic heterocycles. The average Bonchev–Trinajstić information content (AvgIpc) is 3.59. The predicted octanol–water partition coefficient (Wildman–Crippen LogP) is 6.86. The molecule has 0 spiro atoms. The Morgan fingerprint density at radius 3 is 2.63 bits per heavy atom. The summed E-state index contributed by atoms with van der Waals surface area (Å²) in [4.78, 5) is 19.2. The topological polar surface area (TPSA) is 48.1 Å². The van der Waals surface area contributed by atoms with Crippen molar-refractivity contribution in [2.45, 2.75) is 51.9 Å². The minimum Gasteiger partial charge on any atom is -0.359 e. The Morgan fingerprint density at radius 1 is 1.09 bits per heavy atom. The van der Waals surface area contributed by atoms with E-state index in [0.717, 1.165) is 53.9 Å². The number of rotatable bonds is 8. The highest BCUT2D eigenvalue weighted by Crippen LogP contribution is 2.41. The SMILES string of the molecule is CCc1[nH]c(/C=C2\C(=O)Nc3cccc(-c4cccc(F)c4)c32)cc1C(CC)CCN1CCCC1. The van der Waals surface area contributed by atoms with E-state index in [1.54, 1.807) is 6.07 Å². The van der Waals surface area contributed by atoms with Gasteiger partial charge in [0, 0.05) is 22.6 Å². The first-order chi connectivity index (χ1) is 17.1. The van der Waals surface area contributed by atoms with Crippen LogP contribution in [-0.2, 0) is 11.2 Å². The monoisotopic (exact) mass is 471 g/mol. The number of aryl methyl sites for hydroxylation is 1. The molecule has 2 aliphatic heterocycles. The van der Waals surface area contributed by atoms with Gasteiger partial charge in [-0.15, -0.1) is 0 Å². The van der Waals surface area contributed by atoms with Gasteiger partial charge < -0.3 is 15.2 Å². The quantitative estimate of drug-likeness (QED) is 0.353. The lowest BCUT2D eigenvalue weighted by atomic mass is 9.91. The molecule has 2 aromatic carbocycles. The molecule has 1 atom stereocenters. The molecule has 1 amide bonds. The molecule has 1 saturated heterocycles. The van der Waals surface area contributed by atoms with Crippen molar-refractivity contribution in [3.05, 3.63) is 76.9 Å². The summed E-state index contributed by atoms with van der Waals surface area (Å²) in [6, 6.07) is 14.5. The highest BCUT2D eigenvalue weighted by molar-refractivity contribution is 6.36. The van der Waals surface area contributed by atoms with Crippen LogP contribution in [-0.4, -0.2) is 35.4 Å². The first kappa shape index (κ1) is 23.6. The second-order valence-corrected chi connectivity index (χ2v) is 9.71. The van der Waals surface area contributed by atoms with Crippen LogP contribution in [0.1, 0.15) is 68.0 Å². The minimum atomic E-state index is -0.288. The van der Waals surface area contributed by atoms with Crippen LogP contribution >= 0.6 is 0 Å². The number of fused-ring (bicyclic) bond motifs is 1. The average molecular weight is 472 g/mol. The van der Waals surface area contributed by atoms with Gasteiger partial charge in [0.1, 0.15) is 5.82 Å². The number of nitrogens with one attached hydrogen (secondary N) is 2. The van der Waals surface area contributed by atoms with Crippen molar-refractivity contribution in [1.29, 1.82) is 0 Å². The van der Waals surface area contributed by atoms with Crippen molar-refractivity contribution in [2.75, 3.05) is 25.0 Å². The number of nitrogens with zero attached hydrogens (tertiary/aromatic N) is 1. The van der Waals surface area contributed by atoms with Crippen LogP contribution in [0.2, 0.25) is 0 Å². The number of likely N-dealkylation sites (tertiary alicyclic amines) is 1. The lowest BCUT2D eigenvalue weighted by Gasteiger charge is -2.20. The Hall–Kier alpha value is -3.18. The molecule has 0 aliphatic carbocycles. The maximum Gasteiger partial charge on any atom is 0.256 e. The van der Waals surface area contributed by atoms with Gasteiger partial charge in [0.05, 0.1) is 5.57 Å². The fraction of sp³-hybridized carbons (Fsp3) is 0.367. The fourth-order valence-corrected chi connectivity index (χ4v) is 5.64. The Balaban J connectivity index is 1.49. The normalized spacial score (nSPS) is 17.7. The summed E-state index contributed by atoms with van der Waals surface area (Å²) in [5.74, 6) is 0.0877. The number of hydrogen-bond donors (Lipinski definition) is 2. The van der Waals surface area contributed by atoms with Crippen molar-refractivity contribution < 1.29 is 9.18 Å². The van der Waals surface area contributed by atoms with Gasteiger partial charge in [0.15, 0.2) is 0 Å². The number of H-pyrrole nitrogens is 1. The molecule has 3 aromatic rings. The molecular formula is C30H34FN3O. The fourth-order valence-electron chi connectivity index (χ4n) is 5.64. The lowest BCUT2D eigenvalue weighted by Crippen LogP contribution is -2.22. The van der Waals surface area contributed by atoms with E-state index in [1.807, 2.05) is 30.3 Å². The zero-order valence-electron chi connectivity index (χ0n) is 20.7. The number of anilines is 1. The van der Waals surface area contributed by atoms with Crippen molar-refractivity contribution in [3.63, 3.8) is 0 Å². The van der Waals surface area contributed by atoms with E-state index < -0.39 is 0 Å². The van der Waals surface area contributed by atoms with E-state index in [2.05, 4.69) is 35.1 Å². The molecule has 2 aliphatic rings. The van der Waals surface area contributed by atoms with Gasteiger partial charge in [-0.1, -0.05) is 38.1 Å². The Morgan fingerprint density at radius 2 is 1.89 bits per heavy atom. The van der Waals surface area contributed by atoms with Crippen molar-refractivity contribution >= 4 is 23.2 Å². The largest absolute Gasteiger partial charge is 0.359 e. The van der Waals surface area contributed by atoms with Gasteiger partial charge in [0.25, 0.3) is 5.91 Å². The maximum atomic E-state index is 14.0. The number of hydrogen-bond acceptors (Lipinski definition) is 2. The van der Waals surface area contributed by atoms with Crippen molar-refractivity contribution in [1.82, 2.24) is 9.88 Å². The smallest absolute Gasteiger partial charge is 0.256 e. The van der Waals surface area contributed by atoms with E-state index in [0.29, 0.717) is 11.5 Å². The second-order valence-electron chi connectivity index (χ2n) is 9.71. The lowest BCUT2D eigenvalue weighted by molar-refractivity contribution is -0.110. The zero-order chi connectivity index (χ0) is 24.4. The maximum absolute atomic E-state index is 14.0. The third-order valence-electron chi connectivity index (χ3n) is 7.50. The molecular weight excluding hydrogens is 437 g/mol. The summed E-state index contributed by atoms with van der Waals surface area (Å²) >= 11 is 0.